The van der Waals surface area contributed by atoms with E-state index in [1.165, 1.54) is 5.56 Å². The van der Waals surface area contributed by atoms with Crippen molar-refractivity contribution >= 4 is 17.5 Å². The minimum atomic E-state index is -0.189. The Morgan fingerprint density at radius 2 is 1.84 bits per heavy atom. The van der Waals surface area contributed by atoms with E-state index < -0.39 is 0 Å². The minimum Gasteiger partial charge on any atom is -0.347 e. The van der Waals surface area contributed by atoms with Crippen LogP contribution >= 0.6 is 0 Å². The maximum absolute atomic E-state index is 11.7. The van der Waals surface area contributed by atoms with Crippen molar-refractivity contribution in [2.24, 2.45) is 5.92 Å². The van der Waals surface area contributed by atoms with E-state index in [4.69, 9.17) is 0 Å². The molecule has 1 fully saturated rings. The van der Waals surface area contributed by atoms with Crippen LogP contribution < -0.4 is 10.6 Å². The Kier molecular flexibility index (Phi) is 4.20. The van der Waals surface area contributed by atoms with Gasteiger partial charge in [-0.1, -0.05) is 26.0 Å². The normalized spacial score (nSPS) is 14.3. The lowest BCUT2D eigenvalue weighted by molar-refractivity contribution is -0.125. The molecule has 4 heteroatoms. The van der Waals surface area contributed by atoms with Gasteiger partial charge in [-0.05, 0) is 36.5 Å². The standard InChI is InChI=1S/C15H20N2O2/c1-10(2)11-5-7-13(8-6-11)17-14(18)9-16-15(19)12-3-4-12/h5-8,10,12H,3-4,9H2,1-2H3,(H,16,19)(H,17,18). The highest BCUT2D eigenvalue weighted by molar-refractivity contribution is 5.95. The largest absolute Gasteiger partial charge is 0.347 e. The lowest BCUT2D eigenvalue weighted by Crippen LogP contribution is -2.33. The quantitative estimate of drug-likeness (QED) is 0.853. The van der Waals surface area contributed by atoms with Crippen molar-refractivity contribution in [3.63, 3.8) is 0 Å². The lowest BCUT2D eigenvalue weighted by Gasteiger charge is -2.09. The summed E-state index contributed by atoms with van der Waals surface area (Å²) >= 11 is 0. The van der Waals surface area contributed by atoms with Crippen LogP contribution in [0.1, 0.15) is 38.2 Å². The van der Waals surface area contributed by atoms with Crippen molar-refractivity contribution in [3.05, 3.63) is 29.8 Å². The van der Waals surface area contributed by atoms with Gasteiger partial charge in [0.05, 0.1) is 6.54 Å². The molecule has 1 aromatic carbocycles. The van der Waals surface area contributed by atoms with Gasteiger partial charge in [0.15, 0.2) is 0 Å². The van der Waals surface area contributed by atoms with Gasteiger partial charge in [0.25, 0.3) is 0 Å². The van der Waals surface area contributed by atoms with Crippen LogP contribution in [0.25, 0.3) is 0 Å². The van der Waals surface area contributed by atoms with Crippen LogP contribution in [0, 0.1) is 5.92 Å². The van der Waals surface area contributed by atoms with Gasteiger partial charge in [-0.3, -0.25) is 9.59 Å². The summed E-state index contributed by atoms with van der Waals surface area (Å²) in [7, 11) is 0. The first-order valence-corrected chi connectivity index (χ1v) is 6.74. The van der Waals surface area contributed by atoms with Crippen molar-refractivity contribution in [1.29, 1.82) is 0 Å². The van der Waals surface area contributed by atoms with E-state index in [2.05, 4.69) is 24.5 Å². The number of hydrogen-bond donors (Lipinski definition) is 2. The predicted octanol–water partition coefficient (Wildman–Crippen LogP) is 2.27. The number of rotatable bonds is 5. The molecule has 1 aliphatic rings. The average Bonchev–Trinajstić information content (AvgIpc) is 3.21. The number of carbonyl (C=O) groups excluding carboxylic acids is 2. The Hall–Kier alpha value is -1.84. The van der Waals surface area contributed by atoms with E-state index in [0.717, 1.165) is 18.5 Å². The second-order valence-corrected chi connectivity index (χ2v) is 5.32. The topological polar surface area (TPSA) is 58.2 Å². The van der Waals surface area contributed by atoms with Crippen LogP contribution in [0.3, 0.4) is 0 Å². The Balaban J connectivity index is 1.79. The zero-order valence-corrected chi connectivity index (χ0v) is 11.4. The molecule has 0 aromatic heterocycles. The Labute approximate surface area is 113 Å². The molecule has 0 radical (unpaired) electrons. The molecular weight excluding hydrogens is 240 g/mol. The number of anilines is 1. The van der Waals surface area contributed by atoms with Crippen molar-refractivity contribution in [2.75, 3.05) is 11.9 Å². The van der Waals surface area contributed by atoms with E-state index in [0.29, 0.717) is 5.92 Å². The smallest absolute Gasteiger partial charge is 0.243 e. The summed E-state index contributed by atoms with van der Waals surface area (Å²) in [5, 5.41) is 5.41. The molecule has 0 atom stereocenters. The monoisotopic (exact) mass is 260 g/mol. The molecule has 0 spiro atoms. The van der Waals surface area contributed by atoms with E-state index >= 15 is 0 Å². The van der Waals surface area contributed by atoms with Gasteiger partial charge < -0.3 is 10.6 Å². The van der Waals surface area contributed by atoms with Crippen molar-refractivity contribution < 1.29 is 9.59 Å². The summed E-state index contributed by atoms with van der Waals surface area (Å²) in [6.45, 7) is 4.29. The summed E-state index contributed by atoms with van der Waals surface area (Å²) in [5.74, 6) is 0.414. The van der Waals surface area contributed by atoms with Crippen LogP contribution in [0.2, 0.25) is 0 Å². The fraction of sp³-hybridized carbons (Fsp3) is 0.467. The molecular formula is C15H20N2O2. The van der Waals surface area contributed by atoms with Crippen molar-refractivity contribution in [1.82, 2.24) is 5.32 Å². The highest BCUT2D eigenvalue weighted by Gasteiger charge is 2.29. The van der Waals surface area contributed by atoms with Gasteiger partial charge in [-0.2, -0.15) is 0 Å². The SMILES string of the molecule is CC(C)c1ccc(NC(=O)CNC(=O)C2CC2)cc1. The minimum absolute atomic E-state index is 0.00898. The highest BCUT2D eigenvalue weighted by Crippen LogP contribution is 2.28. The number of nitrogens with one attached hydrogen (secondary N) is 2. The highest BCUT2D eigenvalue weighted by atomic mass is 16.2. The summed E-state index contributed by atoms with van der Waals surface area (Å²) in [5.41, 5.74) is 2.00. The van der Waals surface area contributed by atoms with Gasteiger partial charge in [-0.25, -0.2) is 0 Å². The van der Waals surface area contributed by atoms with E-state index in [1.807, 2.05) is 24.3 Å². The fourth-order valence-electron chi connectivity index (χ4n) is 1.81. The molecule has 0 aliphatic heterocycles. The first-order chi connectivity index (χ1) is 9.06. The molecule has 102 valence electrons. The molecule has 19 heavy (non-hydrogen) atoms. The summed E-state index contributed by atoms with van der Waals surface area (Å²) < 4.78 is 0. The Bertz CT molecular complexity index is 462. The first kappa shape index (κ1) is 13.6. The van der Waals surface area contributed by atoms with Gasteiger partial charge in [0.1, 0.15) is 0 Å². The zero-order valence-electron chi connectivity index (χ0n) is 11.4. The summed E-state index contributed by atoms with van der Waals surface area (Å²) in [6.07, 6.45) is 1.90. The zero-order chi connectivity index (χ0) is 13.8. The third kappa shape index (κ3) is 4.09. The number of carbonyl (C=O) groups is 2. The van der Waals surface area contributed by atoms with E-state index in [-0.39, 0.29) is 24.3 Å². The first-order valence-electron chi connectivity index (χ1n) is 6.74. The number of benzene rings is 1. The molecule has 4 nitrogen and oxygen atoms in total. The van der Waals surface area contributed by atoms with Crippen LogP contribution in [0.15, 0.2) is 24.3 Å². The molecule has 2 amide bonds. The maximum atomic E-state index is 11.7. The third-order valence-corrected chi connectivity index (χ3v) is 3.23. The van der Waals surface area contributed by atoms with Crippen molar-refractivity contribution in [2.45, 2.75) is 32.6 Å². The van der Waals surface area contributed by atoms with Crippen LogP contribution in [-0.4, -0.2) is 18.4 Å². The van der Waals surface area contributed by atoms with Crippen molar-refractivity contribution in [3.8, 4) is 0 Å². The molecule has 1 saturated carbocycles. The molecule has 2 rings (SSSR count). The molecule has 0 unspecified atom stereocenters. The molecule has 1 aliphatic carbocycles. The predicted molar refractivity (Wildman–Crippen MR) is 74.9 cm³/mol. The van der Waals surface area contributed by atoms with Gasteiger partial charge in [-0.15, -0.1) is 0 Å². The van der Waals surface area contributed by atoms with Crippen LogP contribution in [0.4, 0.5) is 5.69 Å². The van der Waals surface area contributed by atoms with Crippen LogP contribution in [-0.2, 0) is 9.59 Å². The Morgan fingerprint density at radius 1 is 1.21 bits per heavy atom. The molecule has 1 aromatic rings. The summed E-state index contributed by atoms with van der Waals surface area (Å²) in [4.78, 5) is 23.0. The molecule has 0 heterocycles. The lowest BCUT2D eigenvalue weighted by atomic mass is 10.0. The average molecular weight is 260 g/mol. The molecule has 2 N–H and O–H groups in total. The third-order valence-electron chi connectivity index (χ3n) is 3.23. The maximum Gasteiger partial charge on any atom is 0.243 e. The number of hydrogen-bond acceptors (Lipinski definition) is 2. The van der Waals surface area contributed by atoms with E-state index in [1.54, 1.807) is 0 Å². The van der Waals surface area contributed by atoms with Gasteiger partial charge >= 0.3 is 0 Å². The second-order valence-electron chi connectivity index (χ2n) is 5.32. The molecule has 0 bridgehead atoms. The van der Waals surface area contributed by atoms with Gasteiger partial charge in [0, 0.05) is 11.6 Å². The second kappa shape index (κ2) is 5.87. The Morgan fingerprint density at radius 3 is 2.37 bits per heavy atom. The van der Waals surface area contributed by atoms with Gasteiger partial charge in [0.2, 0.25) is 11.8 Å². The van der Waals surface area contributed by atoms with E-state index in [9.17, 15) is 9.59 Å². The number of amides is 2. The summed E-state index contributed by atoms with van der Waals surface area (Å²) in [6, 6.07) is 7.78. The molecule has 0 saturated heterocycles. The fourth-order valence-corrected chi connectivity index (χ4v) is 1.81. The van der Waals surface area contributed by atoms with Crippen LogP contribution in [0.5, 0.6) is 0 Å².